The van der Waals surface area contributed by atoms with E-state index in [9.17, 15) is 0 Å². The van der Waals surface area contributed by atoms with Crippen LogP contribution in [0, 0.1) is 0 Å². The molecule has 0 N–H and O–H groups in total. The third kappa shape index (κ3) is 2.67. The molecule has 1 saturated heterocycles. The van der Waals surface area contributed by atoms with Crippen LogP contribution in [-0.4, -0.2) is 43.4 Å². The average molecular weight is 300 g/mol. The summed E-state index contributed by atoms with van der Waals surface area (Å²) in [6.45, 7) is 3.69. The zero-order chi connectivity index (χ0) is 13.2. The van der Waals surface area contributed by atoms with Gasteiger partial charge in [-0.2, -0.15) is 4.98 Å². The van der Waals surface area contributed by atoms with E-state index in [-0.39, 0.29) is 5.28 Å². The summed E-state index contributed by atoms with van der Waals surface area (Å²) in [6.07, 6.45) is 0. The molecule has 2 aromatic heterocycles. The highest BCUT2D eigenvalue weighted by Crippen LogP contribution is 2.33. The largest absolute Gasteiger partial charge is 0.379 e. The zero-order valence-electron chi connectivity index (χ0n) is 10.6. The van der Waals surface area contributed by atoms with Crippen molar-refractivity contribution in [2.24, 2.45) is 0 Å². The van der Waals surface area contributed by atoms with Gasteiger partial charge >= 0.3 is 0 Å². The van der Waals surface area contributed by atoms with Gasteiger partial charge in [-0.05, 0) is 17.7 Å². The molecule has 102 valence electrons. The van der Waals surface area contributed by atoms with Gasteiger partial charge in [-0.15, -0.1) is 11.3 Å². The third-order valence-corrected chi connectivity index (χ3v) is 4.24. The SMILES string of the molecule is COCc1cc2nc(Cl)nc(N3CCOCC3)c2s1. The molecule has 0 aromatic carbocycles. The van der Waals surface area contributed by atoms with Crippen LogP contribution in [-0.2, 0) is 16.1 Å². The van der Waals surface area contributed by atoms with Crippen molar-refractivity contribution in [2.45, 2.75) is 6.61 Å². The van der Waals surface area contributed by atoms with Crippen LogP contribution in [0.5, 0.6) is 0 Å². The van der Waals surface area contributed by atoms with Crippen molar-refractivity contribution in [1.82, 2.24) is 9.97 Å². The van der Waals surface area contributed by atoms with Crippen molar-refractivity contribution < 1.29 is 9.47 Å². The van der Waals surface area contributed by atoms with Crippen molar-refractivity contribution in [3.63, 3.8) is 0 Å². The predicted octanol–water partition coefficient (Wildman–Crippen LogP) is 2.33. The second-order valence-electron chi connectivity index (χ2n) is 4.28. The molecule has 0 radical (unpaired) electrons. The molecule has 0 aliphatic carbocycles. The lowest BCUT2D eigenvalue weighted by Gasteiger charge is -2.28. The Morgan fingerprint density at radius 2 is 2.21 bits per heavy atom. The lowest BCUT2D eigenvalue weighted by atomic mass is 10.3. The topological polar surface area (TPSA) is 47.5 Å². The van der Waals surface area contributed by atoms with Gasteiger partial charge in [0, 0.05) is 25.1 Å². The van der Waals surface area contributed by atoms with Crippen LogP contribution in [0.2, 0.25) is 5.28 Å². The first-order chi connectivity index (χ1) is 9.28. The highest BCUT2D eigenvalue weighted by molar-refractivity contribution is 7.19. The van der Waals surface area contributed by atoms with E-state index in [1.807, 2.05) is 6.07 Å². The zero-order valence-corrected chi connectivity index (χ0v) is 12.1. The fraction of sp³-hybridized carbons (Fsp3) is 0.500. The van der Waals surface area contributed by atoms with Gasteiger partial charge in [0.1, 0.15) is 0 Å². The van der Waals surface area contributed by atoms with Gasteiger partial charge in [0.05, 0.1) is 30.0 Å². The number of aromatic nitrogens is 2. The molecule has 0 unspecified atom stereocenters. The van der Waals surface area contributed by atoms with Gasteiger partial charge < -0.3 is 14.4 Å². The van der Waals surface area contributed by atoms with E-state index in [4.69, 9.17) is 21.1 Å². The number of fused-ring (bicyclic) bond motifs is 1. The number of rotatable bonds is 3. The molecule has 3 heterocycles. The first kappa shape index (κ1) is 13.1. The van der Waals surface area contributed by atoms with Crippen LogP contribution in [0.3, 0.4) is 0 Å². The number of methoxy groups -OCH3 is 1. The molecule has 1 aliphatic rings. The van der Waals surface area contributed by atoms with Gasteiger partial charge in [-0.1, -0.05) is 0 Å². The number of thiophene rings is 1. The maximum atomic E-state index is 6.02. The molecule has 19 heavy (non-hydrogen) atoms. The minimum atomic E-state index is 0.288. The molecule has 0 atom stereocenters. The van der Waals surface area contributed by atoms with E-state index >= 15 is 0 Å². The normalized spacial score (nSPS) is 16.2. The third-order valence-electron chi connectivity index (χ3n) is 2.97. The summed E-state index contributed by atoms with van der Waals surface area (Å²) in [6, 6.07) is 2.01. The van der Waals surface area contributed by atoms with Gasteiger partial charge in [0.25, 0.3) is 0 Å². The molecule has 0 amide bonds. The van der Waals surface area contributed by atoms with Crippen molar-refractivity contribution in [1.29, 1.82) is 0 Å². The van der Waals surface area contributed by atoms with Gasteiger partial charge in [-0.3, -0.25) is 0 Å². The molecule has 0 bridgehead atoms. The highest BCUT2D eigenvalue weighted by Gasteiger charge is 2.19. The highest BCUT2D eigenvalue weighted by atomic mass is 35.5. The van der Waals surface area contributed by atoms with E-state index in [2.05, 4.69) is 14.9 Å². The van der Waals surface area contributed by atoms with Crippen LogP contribution in [0.4, 0.5) is 5.82 Å². The Balaban J connectivity index is 2.05. The maximum Gasteiger partial charge on any atom is 0.224 e. The summed E-state index contributed by atoms with van der Waals surface area (Å²) >= 11 is 7.68. The summed E-state index contributed by atoms with van der Waals surface area (Å²) in [4.78, 5) is 12.0. The summed E-state index contributed by atoms with van der Waals surface area (Å²) in [5, 5.41) is 0.288. The standard InChI is InChI=1S/C12H14ClN3O2S/c1-17-7-8-6-9-10(19-8)11(15-12(13)14-9)16-2-4-18-5-3-16/h6H,2-5,7H2,1H3. The minimum Gasteiger partial charge on any atom is -0.379 e. The average Bonchev–Trinajstić information content (AvgIpc) is 2.81. The van der Waals surface area contributed by atoms with Gasteiger partial charge in [-0.25, -0.2) is 4.98 Å². The van der Waals surface area contributed by atoms with Crippen molar-refractivity contribution >= 4 is 39.0 Å². The van der Waals surface area contributed by atoms with E-state index in [0.29, 0.717) is 6.61 Å². The van der Waals surface area contributed by atoms with Crippen molar-refractivity contribution in [2.75, 3.05) is 38.3 Å². The summed E-state index contributed by atoms with van der Waals surface area (Å²) in [5.41, 5.74) is 0.888. The number of halogens is 1. The van der Waals surface area contributed by atoms with E-state index in [1.165, 1.54) is 0 Å². The number of anilines is 1. The molecule has 1 aliphatic heterocycles. The summed E-state index contributed by atoms with van der Waals surface area (Å²) < 4.78 is 11.6. The molecule has 5 nitrogen and oxygen atoms in total. The number of ether oxygens (including phenoxy) is 2. The molecule has 3 rings (SSSR count). The molecule has 2 aromatic rings. The lowest BCUT2D eigenvalue weighted by molar-refractivity contribution is 0.122. The molecular weight excluding hydrogens is 286 g/mol. The maximum absolute atomic E-state index is 6.02. The van der Waals surface area contributed by atoms with Gasteiger partial charge in [0.15, 0.2) is 5.82 Å². The Morgan fingerprint density at radius 1 is 1.42 bits per heavy atom. The lowest BCUT2D eigenvalue weighted by Crippen LogP contribution is -2.36. The molecular formula is C12H14ClN3O2S. The first-order valence-electron chi connectivity index (χ1n) is 6.05. The second kappa shape index (κ2) is 5.58. The molecule has 7 heteroatoms. The number of nitrogens with zero attached hydrogens (tertiary/aromatic N) is 3. The quantitative estimate of drug-likeness (QED) is 0.814. The van der Waals surface area contributed by atoms with E-state index in [0.717, 1.165) is 47.2 Å². The van der Waals surface area contributed by atoms with Crippen LogP contribution in [0.15, 0.2) is 6.07 Å². The molecule has 0 spiro atoms. The van der Waals surface area contributed by atoms with Crippen LogP contribution in [0.25, 0.3) is 10.2 Å². The second-order valence-corrected chi connectivity index (χ2v) is 5.75. The van der Waals surface area contributed by atoms with Gasteiger partial charge in [0.2, 0.25) is 5.28 Å². The number of morpholine rings is 1. The van der Waals surface area contributed by atoms with E-state index in [1.54, 1.807) is 18.4 Å². The Labute approximate surface area is 120 Å². The van der Waals surface area contributed by atoms with Crippen molar-refractivity contribution in [3.05, 3.63) is 16.2 Å². The summed E-state index contributed by atoms with van der Waals surface area (Å²) in [7, 11) is 1.69. The van der Waals surface area contributed by atoms with Crippen LogP contribution >= 0.6 is 22.9 Å². The van der Waals surface area contributed by atoms with Crippen molar-refractivity contribution in [3.8, 4) is 0 Å². The Hall–Kier alpha value is -0.950. The fourth-order valence-corrected chi connectivity index (χ4v) is 3.40. The van der Waals surface area contributed by atoms with E-state index < -0.39 is 0 Å². The fourth-order valence-electron chi connectivity index (χ4n) is 2.14. The summed E-state index contributed by atoms with van der Waals surface area (Å²) in [5.74, 6) is 0.908. The predicted molar refractivity (Wildman–Crippen MR) is 76.2 cm³/mol. The number of hydrogen-bond donors (Lipinski definition) is 0. The molecule has 0 saturated carbocycles. The minimum absolute atomic E-state index is 0.288. The Bertz CT molecular complexity index is 584. The van der Waals surface area contributed by atoms with Crippen LogP contribution < -0.4 is 4.90 Å². The smallest absolute Gasteiger partial charge is 0.224 e. The number of hydrogen-bond acceptors (Lipinski definition) is 6. The first-order valence-corrected chi connectivity index (χ1v) is 7.25. The Morgan fingerprint density at radius 3 is 2.95 bits per heavy atom. The monoisotopic (exact) mass is 299 g/mol. The Kier molecular flexibility index (Phi) is 3.83. The van der Waals surface area contributed by atoms with Crippen LogP contribution in [0.1, 0.15) is 4.88 Å². The molecule has 1 fully saturated rings.